The summed E-state index contributed by atoms with van der Waals surface area (Å²) in [5.74, 6) is 0.828. The van der Waals surface area contributed by atoms with Gasteiger partial charge in [0, 0.05) is 12.2 Å². The lowest BCUT2D eigenvalue weighted by atomic mass is 10.2. The Kier molecular flexibility index (Phi) is 2.71. The maximum absolute atomic E-state index is 6.03. The molecule has 0 atom stereocenters. The highest BCUT2D eigenvalue weighted by molar-refractivity contribution is 5.82. The highest BCUT2D eigenvalue weighted by Crippen LogP contribution is 2.29. The molecule has 0 unspecified atom stereocenters. The van der Waals surface area contributed by atoms with Crippen LogP contribution in [-0.2, 0) is 0 Å². The van der Waals surface area contributed by atoms with Crippen molar-refractivity contribution in [2.45, 2.75) is 19.9 Å². The number of rotatable bonds is 2. The second kappa shape index (κ2) is 4.39. The summed E-state index contributed by atoms with van der Waals surface area (Å²) < 4.78 is 2.17. The first-order valence-electron chi connectivity index (χ1n) is 6.36. The number of para-hydroxylation sites is 2. The van der Waals surface area contributed by atoms with Gasteiger partial charge >= 0.3 is 0 Å². The second-order valence-electron chi connectivity index (χ2n) is 4.83. The van der Waals surface area contributed by atoms with Gasteiger partial charge in [-0.25, -0.2) is 4.98 Å². The van der Waals surface area contributed by atoms with E-state index in [1.54, 1.807) is 6.20 Å². The van der Waals surface area contributed by atoms with Gasteiger partial charge in [0.15, 0.2) is 5.82 Å². The fourth-order valence-electron chi connectivity index (χ4n) is 2.34. The van der Waals surface area contributed by atoms with Gasteiger partial charge in [-0.15, -0.1) is 0 Å². The number of imidazole rings is 1. The van der Waals surface area contributed by atoms with Crippen LogP contribution in [0.5, 0.6) is 0 Å². The van der Waals surface area contributed by atoms with E-state index < -0.39 is 0 Å². The number of nitrogens with zero attached hydrogens (tertiary/aromatic N) is 3. The lowest BCUT2D eigenvalue weighted by molar-refractivity contribution is 0.623. The van der Waals surface area contributed by atoms with Crippen molar-refractivity contribution in [3.63, 3.8) is 0 Å². The number of fused-ring (bicyclic) bond motifs is 1. The lowest BCUT2D eigenvalue weighted by Gasteiger charge is -2.13. The minimum absolute atomic E-state index is 0.295. The first-order chi connectivity index (χ1) is 9.18. The fraction of sp³-hybridized carbons (Fsp3) is 0.200. The van der Waals surface area contributed by atoms with E-state index in [4.69, 9.17) is 5.73 Å². The molecule has 0 saturated carbocycles. The topological polar surface area (TPSA) is 56.7 Å². The zero-order valence-electron chi connectivity index (χ0n) is 11.0. The number of benzene rings is 1. The SMILES string of the molecule is CC(C)n1c(-c2ncccc2N)nc2ccccc21. The van der Waals surface area contributed by atoms with E-state index in [9.17, 15) is 0 Å². The zero-order chi connectivity index (χ0) is 13.4. The van der Waals surface area contributed by atoms with Crippen LogP contribution in [0.15, 0.2) is 42.6 Å². The normalized spacial score (nSPS) is 11.3. The third-order valence-corrected chi connectivity index (χ3v) is 3.16. The monoisotopic (exact) mass is 252 g/mol. The number of hydrogen-bond acceptors (Lipinski definition) is 3. The fourth-order valence-corrected chi connectivity index (χ4v) is 2.34. The summed E-state index contributed by atoms with van der Waals surface area (Å²) in [7, 11) is 0. The third kappa shape index (κ3) is 1.85. The van der Waals surface area contributed by atoms with Crippen LogP contribution in [0.3, 0.4) is 0 Å². The molecule has 4 heteroatoms. The predicted molar refractivity (Wildman–Crippen MR) is 77.8 cm³/mol. The van der Waals surface area contributed by atoms with Crippen molar-refractivity contribution in [3.05, 3.63) is 42.6 Å². The maximum Gasteiger partial charge on any atom is 0.162 e. The molecule has 3 aromatic rings. The molecule has 0 aliphatic rings. The quantitative estimate of drug-likeness (QED) is 0.761. The van der Waals surface area contributed by atoms with Gasteiger partial charge in [0.05, 0.1) is 16.7 Å². The van der Waals surface area contributed by atoms with Crippen molar-refractivity contribution in [1.29, 1.82) is 0 Å². The van der Waals surface area contributed by atoms with Crippen LogP contribution in [0.1, 0.15) is 19.9 Å². The van der Waals surface area contributed by atoms with E-state index in [0.717, 1.165) is 22.6 Å². The summed E-state index contributed by atoms with van der Waals surface area (Å²) in [4.78, 5) is 9.06. The molecule has 2 N–H and O–H groups in total. The summed E-state index contributed by atoms with van der Waals surface area (Å²) in [6.45, 7) is 4.27. The predicted octanol–water partition coefficient (Wildman–Crippen LogP) is 3.26. The van der Waals surface area contributed by atoms with Gasteiger partial charge in [-0.3, -0.25) is 4.98 Å². The van der Waals surface area contributed by atoms with Crippen molar-refractivity contribution < 1.29 is 0 Å². The lowest BCUT2D eigenvalue weighted by Crippen LogP contribution is -2.05. The van der Waals surface area contributed by atoms with E-state index in [2.05, 4.69) is 34.4 Å². The summed E-state index contributed by atoms with van der Waals surface area (Å²) >= 11 is 0. The van der Waals surface area contributed by atoms with Crippen molar-refractivity contribution in [3.8, 4) is 11.5 Å². The second-order valence-corrected chi connectivity index (χ2v) is 4.83. The van der Waals surface area contributed by atoms with Crippen LogP contribution in [-0.4, -0.2) is 14.5 Å². The van der Waals surface area contributed by atoms with Crippen LogP contribution in [0.4, 0.5) is 5.69 Å². The van der Waals surface area contributed by atoms with E-state index in [1.807, 2.05) is 30.3 Å². The Labute approximate surface area is 111 Å². The van der Waals surface area contributed by atoms with E-state index in [1.165, 1.54) is 0 Å². The Hall–Kier alpha value is -2.36. The number of nitrogens with two attached hydrogens (primary N) is 1. The highest BCUT2D eigenvalue weighted by Gasteiger charge is 2.17. The Morgan fingerprint density at radius 1 is 1.11 bits per heavy atom. The van der Waals surface area contributed by atoms with E-state index in [-0.39, 0.29) is 0 Å². The van der Waals surface area contributed by atoms with Crippen LogP contribution >= 0.6 is 0 Å². The van der Waals surface area contributed by atoms with Crippen molar-refractivity contribution >= 4 is 16.7 Å². The van der Waals surface area contributed by atoms with Gasteiger partial charge in [-0.1, -0.05) is 12.1 Å². The number of hydrogen-bond donors (Lipinski definition) is 1. The summed E-state index contributed by atoms with van der Waals surface area (Å²) in [5.41, 5.74) is 9.50. The number of pyridine rings is 1. The standard InChI is InChI=1S/C15H16N4/c1-10(2)19-13-8-4-3-7-12(13)18-15(19)14-11(16)6-5-9-17-14/h3-10H,16H2,1-2H3. The van der Waals surface area contributed by atoms with Gasteiger partial charge in [-0.05, 0) is 38.1 Å². The average molecular weight is 252 g/mol. The van der Waals surface area contributed by atoms with Gasteiger partial charge in [0.2, 0.25) is 0 Å². The van der Waals surface area contributed by atoms with Gasteiger partial charge in [-0.2, -0.15) is 0 Å². The molecule has 96 valence electrons. The molecule has 0 radical (unpaired) electrons. The van der Waals surface area contributed by atoms with E-state index in [0.29, 0.717) is 11.7 Å². The Bertz CT molecular complexity index is 728. The van der Waals surface area contributed by atoms with Crippen LogP contribution in [0.25, 0.3) is 22.6 Å². The molecule has 0 aliphatic carbocycles. The molecule has 2 heterocycles. The first kappa shape index (κ1) is 11.7. The van der Waals surface area contributed by atoms with Crippen LogP contribution < -0.4 is 5.73 Å². The molecule has 0 amide bonds. The summed E-state index contributed by atoms with van der Waals surface area (Å²) in [6, 6.07) is 12.1. The average Bonchev–Trinajstić information content (AvgIpc) is 2.78. The molecule has 0 bridgehead atoms. The molecule has 0 saturated heterocycles. The summed E-state index contributed by atoms with van der Waals surface area (Å²) in [6.07, 6.45) is 1.75. The van der Waals surface area contributed by atoms with Gasteiger partial charge < -0.3 is 10.3 Å². The van der Waals surface area contributed by atoms with Crippen molar-refractivity contribution in [1.82, 2.24) is 14.5 Å². The smallest absolute Gasteiger partial charge is 0.162 e. The molecular weight excluding hydrogens is 236 g/mol. The molecule has 0 aliphatic heterocycles. The molecule has 4 nitrogen and oxygen atoms in total. The third-order valence-electron chi connectivity index (χ3n) is 3.16. The molecule has 0 spiro atoms. The number of aromatic nitrogens is 3. The number of anilines is 1. The van der Waals surface area contributed by atoms with Crippen molar-refractivity contribution in [2.75, 3.05) is 5.73 Å². The molecule has 3 rings (SSSR count). The van der Waals surface area contributed by atoms with Gasteiger partial charge in [0.25, 0.3) is 0 Å². The Morgan fingerprint density at radius 3 is 2.63 bits per heavy atom. The van der Waals surface area contributed by atoms with Crippen molar-refractivity contribution in [2.24, 2.45) is 0 Å². The van der Waals surface area contributed by atoms with E-state index >= 15 is 0 Å². The molecule has 0 fully saturated rings. The molecule has 1 aromatic carbocycles. The summed E-state index contributed by atoms with van der Waals surface area (Å²) in [5, 5.41) is 0. The van der Waals surface area contributed by atoms with Crippen LogP contribution in [0, 0.1) is 0 Å². The first-order valence-corrected chi connectivity index (χ1v) is 6.36. The Morgan fingerprint density at radius 2 is 1.89 bits per heavy atom. The van der Waals surface area contributed by atoms with Gasteiger partial charge in [0.1, 0.15) is 5.69 Å². The Balaban J connectivity index is 2.35. The largest absolute Gasteiger partial charge is 0.397 e. The molecular formula is C15H16N4. The molecule has 2 aromatic heterocycles. The number of nitrogen functional groups attached to an aromatic ring is 1. The minimum atomic E-state index is 0.295. The zero-order valence-corrected chi connectivity index (χ0v) is 11.0. The molecule has 19 heavy (non-hydrogen) atoms. The minimum Gasteiger partial charge on any atom is -0.397 e. The van der Waals surface area contributed by atoms with Crippen LogP contribution in [0.2, 0.25) is 0 Å². The highest BCUT2D eigenvalue weighted by atomic mass is 15.1. The maximum atomic E-state index is 6.03.